The largest absolute Gasteiger partial charge is 0.309 e. The Morgan fingerprint density at radius 3 is 2.82 bits per heavy atom. The number of thiophene rings is 1. The predicted molar refractivity (Wildman–Crippen MR) is 79.8 cm³/mol. The van der Waals surface area contributed by atoms with E-state index in [9.17, 15) is 0 Å². The quantitative estimate of drug-likeness (QED) is 0.808. The zero-order chi connectivity index (χ0) is 12.4. The van der Waals surface area contributed by atoms with E-state index in [-0.39, 0.29) is 0 Å². The Hall–Kier alpha value is 0.430. The lowest BCUT2D eigenvalue weighted by atomic mass is 9.93. The zero-order valence-corrected chi connectivity index (χ0v) is 13.5. The van der Waals surface area contributed by atoms with Crippen LogP contribution in [0.15, 0.2) is 10.5 Å². The monoisotopic (exact) mass is 335 g/mol. The molecule has 0 saturated heterocycles. The van der Waals surface area contributed by atoms with Crippen LogP contribution < -0.4 is 5.32 Å². The molecule has 0 amide bonds. The van der Waals surface area contributed by atoms with Crippen molar-refractivity contribution < 1.29 is 0 Å². The van der Waals surface area contributed by atoms with Crippen LogP contribution in [0.4, 0.5) is 0 Å². The Labute approximate surface area is 121 Å². The Bertz CT molecular complexity index is 360. The predicted octanol–water partition coefficient (Wildman–Crippen LogP) is 5.08. The maximum absolute atomic E-state index is 6.04. The second-order valence-corrected chi connectivity index (χ2v) is 7.52. The molecule has 1 N–H and O–H groups in total. The minimum atomic E-state index is 0.680. The highest BCUT2D eigenvalue weighted by Crippen LogP contribution is 2.35. The molecule has 1 fully saturated rings. The molecule has 0 aromatic carbocycles. The van der Waals surface area contributed by atoms with Gasteiger partial charge in [0.15, 0.2) is 0 Å². The fraction of sp³-hybridized carbons (Fsp3) is 0.692. The average molecular weight is 337 g/mol. The van der Waals surface area contributed by atoms with Gasteiger partial charge in [0.25, 0.3) is 0 Å². The molecule has 1 aromatic heterocycles. The molecule has 0 aliphatic heterocycles. The third-order valence-corrected chi connectivity index (χ3v) is 6.46. The van der Waals surface area contributed by atoms with E-state index in [1.165, 1.54) is 24.1 Å². The first-order chi connectivity index (χ1) is 8.11. The summed E-state index contributed by atoms with van der Waals surface area (Å²) in [5.41, 5.74) is 0. The van der Waals surface area contributed by atoms with Gasteiger partial charge in [0.1, 0.15) is 4.34 Å². The van der Waals surface area contributed by atoms with Gasteiger partial charge < -0.3 is 5.32 Å². The smallest absolute Gasteiger partial charge is 0.107 e. The van der Waals surface area contributed by atoms with Gasteiger partial charge >= 0.3 is 0 Å². The number of halogens is 2. The highest BCUT2D eigenvalue weighted by molar-refractivity contribution is 9.10. The molecule has 0 bridgehead atoms. The molecule has 0 radical (unpaired) electrons. The summed E-state index contributed by atoms with van der Waals surface area (Å²) in [6, 6.07) is 2.80. The van der Waals surface area contributed by atoms with E-state index < -0.39 is 0 Å². The van der Waals surface area contributed by atoms with E-state index in [0.717, 1.165) is 27.2 Å². The Kier molecular flexibility index (Phi) is 4.93. The van der Waals surface area contributed by atoms with Crippen LogP contribution in [0.5, 0.6) is 0 Å². The molecule has 3 unspecified atom stereocenters. The van der Waals surface area contributed by atoms with Crippen molar-refractivity contribution in [3.05, 3.63) is 19.8 Å². The highest BCUT2D eigenvalue weighted by atomic mass is 79.9. The van der Waals surface area contributed by atoms with Crippen LogP contribution in [0.25, 0.3) is 0 Å². The number of rotatable bonds is 4. The van der Waals surface area contributed by atoms with Gasteiger partial charge in [-0.1, -0.05) is 31.9 Å². The van der Waals surface area contributed by atoms with Gasteiger partial charge in [-0.25, -0.2) is 0 Å². The molecule has 1 aliphatic carbocycles. The first kappa shape index (κ1) is 13.9. The summed E-state index contributed by atoms with van der Waals surface area (Å²) in [7, 11) is 0. The van der Waals surface area contributed by atoms with E-state index in [1.54, 1.807) is 11.3 Å². The van der Waals surface area contributed by atoms with Crippen molar-refractivity contribution in [2.75, 3.05) is 0 Å². The van der Waals surface area contributed by atoms with Crippen LogP contribution in [0.1, 0.15) is 38.0 Å². The summed E-state index contributed by atoms with van der Waals surface area (Å²) in [5.74, 6) is 1.71. The minimum Gasteiger partial charge on any atom is -0.309 e. The van der Waals surface area contributed by atoms with E-state index >= 15 is 0 Å². The summed E-state index contributed by atoms with van der Waals surface area (Å²) >= 11 is 11.2. The zero-order valence-electron chi connectivity index (χ0n) is 10.3. The van der Waals surface area contributed by atoms with Gasteiger partial charge in [0.2, 0.25) is 0 Å². The van der Waals surface area contributed by atoms with E-state index in [4.69, 9.17) is 11.6 Å². The van der Waals surface area contributed by atoms with Crippen LogP contribution in [0.2, 0.25) is 4.34 Å². The molecule has 0 spiro atoms. The minimum absolute atomic E-state index is 0.680. The molecule has 1 aromatic rings. The van der Waals surface area contributed by atoms with Crippen molar-refractivity contribution in [2.24, 2.45) is 11.8 Å². The van der Waals surface area contributed by atoms with Gasteiger partial charge in [-0.3, -0.25) is 0 Å². The Morgan fingerprint density at radius 1 is 1.53 bits per heavy atom. The summed E-state index contributed by atoms with van der Waals surface area (Å²) in [4.78, 5) is 1.31. The molecular formula is C13H19BrClNS. The van der Waals surface area contributed by atoms with Crippen LogP contribution in [0, 0.1) is 11.8 Å². The second-order valence-electron chi connectivity index (χ2n) is 4.93. The number of hydrogen-bond donors (Lipinski definition) is 1. The van der Waals surface area contributed by atoms with Crippen molar-refractivity contribution in [1.82, 2.24) is 5.32 Å². The van der Waals surface area contributed by atoms with Crippen molar-refractivity contribution in [3.63, 3.8) is 0 Å². The third kappa shape index (κ3) is 3.25. The number of nitrogens with one attached hydrogen (secondary N) is 1. The third-order valence-electron chi connectivity index (χ3n) is 3.99. The van der Waals surface area contributed by atoms with E-state index in [1.807, 2.05) is 0 Å². The lowest BCUT2D eigenvalue weighted by Crippen LogP contribution is -2.31. The SMILES string of the molecule is CCC1CCC(NCc2cc(Br)c(Cl)s2)C1C. The summed E-state index contributed by atoms with van der Waals surface area (Å²) in [6.45, 7) is 5.64. The van der Waals surface area contributed by atoms with Gasteiger partial charge in [0, 0.05) is 21.9 Å². The normalized spacial score (nSPS) is 28.8. The van der Waals surface area contributed by atoms with Crippen molar-refractivity contribution in [3.8, 4) is 0 Å². The molecule has 1 heterocycles. The fourth-order valence-corrected chi connectivity index (χ4v) is 4.56. The molecule has 3 atom stereocenters. The summed E-state index contributed by atoms with van der Waals surface area (Å²) in [5, 5.41) is 3.68. The van der Waals surface area contributed by atoms with Gasteiger partial charge in [-0.15, -0.1) is 11.3 Å². The van der Waals surface area contributed by atoms with Gasteiger partial charge in [-0.2, -0.15) is 0 Å². The maximum Gasteiger partial charge on any atom is 0.107 e. The molecular weight excluding hydrogens is 318 g/mol. The first-order valence-corrected chi connectivity index (χ1v) is 8.27. The van der Waals surface area contributed by atoms with Crippen LogP contribution >= 0.6 is 38.9 Å². The molecule has 1 nitrogen and oxygen atoms in total. The Morgan fingerprint density at radius 2 is 2.29 bits per heavy atom. The van der Waals surface area contributed by atoms with Crippen molar-refractivity contribution in [2.45, 2.75) is 45.7 Å². The summed E-state index contributed by atoms with van der Waals surface area (Å²) in [6.07, 6.45) is 4.01. The average Bonchev–Trinajstić information content (AvgIpc) is 2.81. The van der Waals surface area contributed by atoms with Gasteiger partial charge in [-0.05, 0) is 46.7 Å². The van der Waals surface area contributed by atoms with Gasteiger partial charge in [0.05, 0.1) is 0 Å². The Balaban J connectivity index is 1.86. The number of hydrogen-bond acceptors (Lipinski definition) is 2. The lowest BCUT2D eigenvalue weighted by Gasteiger charge is -2.20. The van der Waals surface area contributed by atoms with E-state index in [0.29, 0.717) is 6.04 Å². The molecule has 96 valence electrons. The van der Waals surface area contributed by atoms with Crippen LogP contribution in [-0.4, -0.2) is 6.04 Å². The van der Waals surface area contributed by atoms with Crippen LogP contribution in [0.3, 0.4) is 0 Å². The molecule has 1 saturated carbocycles. The maximum atomic E-state index is 6.04. The lowest BCUT2D eigenvalue weighted by molar-refractivity contribution is 0.345. The summed E-state index contributed by atoms with van der Waals surface area (Å²) < 4.78 is 1.87. The second kappa shape index (κ2) is 6.05. The first-order valence-electron chi connectivity index (χ1n) is 6.29. The fourth-order valence-electron chi connectivity index (χ4n) is 2.82. The van der Waals surface area contributed by atoms with Crippen molar-refractivity contribution >= 4 is 38.9 Å². The molecule has 4 heteroatoms. The highest BCUT2D eigenvalue weighted by Gasteiger charge is 2.30. The standard InChI is InChI=1S/C13H19BrClNS/c1-3-9-4-5-12(8(9)2)16-7-10-6-11(14)13(15)17-10/h6,8-9,12,16H,3-5,7H2,1-2H3. The van der Waals surface area contributed by atoms with Crippen LogP contribution in [-0.2, 0) is 6.54 Å². The van der Waals surface area contributed by atoms with Crippen molar-refractivity contribution in [1.29, 1.82) is 0 Å². The topological polar surface area (TPSA) is 12.0 Å². The molecule has 1 aliphatic rings. The molecule has 17 heavy (non-hydrogen) atoms. The van der Waals surface area contributed by atoms with E-state index in [2.05, 4.69) is 41.2 Å². The molecule has 2 rings (SSSR count).